The van der Waals surface area contributed by atoms with Crippen molar-refractivity contribution < 1.29 is 4.79 Å². The fraction of sp³-hybridized carbons (Fsp3) is 0.500. The zero-order valence-electron chi connectivity index (χ0n) is 12.2. The molecule has 0 saturated carbocycles. The number of benzene rings is 1. The van der Waals surface area contributed by atoms with Crippen LogP contribution in [0, 0.1) is 11.3 Å². The molecule has 0 spiro atoms. The number of hydrogen-bond acceptors (Lipinski definition) is 2. The van der Waals surface area contributed by atoms with E-state index in [0.717, 1.165) is 5.56 Å². The second kappa shape index (κ2) is 6.38. The van der Waals surface area contributed by atoms with Gasteiger partial charge in [0.05, 0.1) is 12.5 Å². The van der Waals surface area contributed by atoms with Gasteiger partial charge in [-0.15, -0.1) is 0 Å². The quantitative estimate of drug-likeness (QED) is 0.814. The SMILES string of the molecule is CC(CC#N)N(C)C(=O)CC(C)(C)c1ccccc1. The van der Waals surface area contributed by atoms with E-state index in [4.69, 9.17) is 5.26 Å². The first kappa shape index (κ1) is 15.2. The van der Waals surface area contributed by atoms with Crippen molar-refractivity contribution in [1.82, 2.24) is 4.90 Å². The molecule has 1 atom stereocenters. The molecule has 0 aliphatic rings. The Morgan fingerprint density at radius 3 is 2.47 bits per heavy atom. The first-order chi connectivity index (χ1) is 8.88. The van der Waals surface area contributed by atoms with Crippen LogP contribution in [0.4, 0.5) is 0 Å². The van der Waals surface area contributed by atoms with Crippen LogP contribution in [-0.2, 0) is 10.2 Å². The molecule has 0 aliphatic carbocycles. The number of carbonyl (C=O) groups is 1. The summed E-state index contributed by atoms with van der Waals surface area (Å²) in [6.07, 6.45) is 0.817. The largest absolute Gasteiger partial charge is 0.342 e. The Bertz CT molecular complexity index is 459. The third-order valence-electron chi connectivity index (χ3n) is 3.59. The van der Waals surface area contributed by atoms with E-state index in [9.17, 15) is 4.79 Å². The average molecular weight is 258 g/mol. The molecule has 0 heterocycles. The van der Waals surface area contributed by atoms with E-state index in [2.05, 4.69) is 19.9 Å². The van der Waals surface area contributed by atoms with Crippen LogP contribution in [0.15, 0.2) is 30.3 Å². The molecule has 3 heteroatoms. The fourth-order valence-electron chi connectivity index (χ4n) is 2.01. The highest BCUT2D eigenvalue weighted by Gasteiger charge is 2.27. The molecular formula is C16H22N2O. The lowest BCUT2D eigenvalue weighted by molar-refractivity contribution is -0.132. The normalized spacial score (nSPS) is 12.6. The summed E-state index contributed by atoms with van der Waals surface area (Å²) in [5.74, 6) is 0.0802. The maximum atomic E-state index is 12.3. The minimum atomic E-state index is -0.195. The van der Waals surface area contributed by atoms with Crippen molar-refractivity contribution in [2.24, 2.45) is 0 Å². The van der Waals surface area contributed by atoms with Crippen molar-refractivity contribution in [3.63, 3.8) is 0 Å². The van der Waals surface area contributed by atoms with Crippen LogP contribution in [0.2, 0.25) is 0 Å². The number of hydrogen-bond donors (Lipinski definition) is 0. The van der Waals surface area contributed by atoms with Crippen molar-refractivity contribution >= 4 is 5.91 Å². The highest BCUT2D eigenvalue weighted by Crippen LogP contribution is 2.27. The third kappa shape index (κ3) is 4.10. The Balaban J connectivity index is 2.74. The molecule has 1 aromatic carbocycles. The lowest BCUT2D eigenvalue weighted by atomic mass is 9.81. The van der Waals surface area contributed by atoms with E-state index >= 15 is 0 Å². The van der Waals surface area contributed by atoms with Crippen molar-refractivity contribution in [3.05, 3.63) is 35.9 Å². The summed E-state index contributed by atoms with van der Waals surface area (Å²) in [6.45, 7) is 6.04. The van der Waals surface area contributed by atoms with Gasteiger partial charge in [0, 0.05) is 19.5 Å². The minimum absolute atomic E-state index is 0.0379. The molecule has 0 saturated heterocycles. The van der Waals surface area contributed by atoms with Gasteiger partial charge in [0.2, 0.25) is 5.91 Å². The van der Waals surface area contributed by atoms with Crippen molar-refractivity contribution in [2.45, 2.75) is 45.1 Å². The highest BCUT2D eigenvalue weighted by atomic mass is 16.2. The van der Waals surface area contributed by atoms with Crippen LogP contribution < -0.4 is 0 Å². The van der Waals surface area contributed by atoms with E-state index in [1.807, 2.05) is 37.3 Å². The van der Waals surface area contributed by atoms with Gasteiger partial charge < -0.3 is 4.90 Å². The number of nitriles is 1. The Morgan fingerprint density at radius 1 is 1.37 bits per heavy atom. The predicted octanol–water partition coefficient (Wildman–Crippen LogP) is 3.11. The molecule has 0 fully saturated rings. The second-order valence-electron chi connectivity index (χ2n) is 5.64. The van der Waals surface area contributed by atoms with Gasteiger partial charge in [-0.1, -0.05) is 44.2 Å². The molecule has 0 aliphatic heterocycles. The first-order valence-electron chi connectivity index (χ1n) is 6.56. The van der Waals surface area contributed by atoms with Crippen molar-refractivity contribution in [2.75, 3.05) is 7.05 Å². The smallest absolute Gasteiger partial charge is 0.223 e. The second-order valence-corrected chi connectivity index (χ2v) is 5.64. The Labute approximate surface area is 115 Å². The Kier molecular flexibility index (Phi) is 5.11. The fourth-order valence-corrected chi connectivity index (χ4v) is 2.01. The highest BCUT2D eigenvalue weighted by molar-refractivity contribution is 5.77. The van der Waals surface area contributed by atoms with Gasteiger partial charge in [-0.3, -0.25) is 4.79 Å². The zero-order valence-corrected chi connectivity index (χ0v) is 12.2. The molecular weight excluding hydrogens is 236 g/mol. The van der Waals surface area contributed by atoms with Gasteiger partial charge in [-0.2, -0.15) is 5.26 Å². The molecule has 19 heavy (non-hydrogen) atoms. The van der Waals surface area contributed by atoms with Crippen LogP contribution in [0.25, 0.3) is 0 Å². The molecule has 102 valence electrons. The minimum Gasteiger partial charge on any atom is -0.342 e. The third-order valence-corrected chi connectivity index (χ3v) is 3.59. The number of carbonyl (C=O) groups excluding carboxylic acids is 1. The van der Waals surface area contributed by atoms with Crippen molar-refractivity contribution in [3.8, 4) is 6.07 Å². The summed E-state index contributed by atoms with van der Waals surface area (Å²) in [6, 6.07) is 12.1. The van der Waals surface area contributed by atoms with Crippen LogP contribution in [0.1, 0.15) is 39.2 Å². The van der Waals surface area contributed by atoms with E-state index in [1.54, 1.807) is 11.9 Å². The number of nitrogens with zero attached hydrogens (tertiary/aromatic N) is 2. The van der Waals surface area contributed by atoms with E-state index in [-0.39, 0.29) is 17.4 Å². The standard InChI is InChI=1S/C16H22N2O/c1-13(10-11-17)18(4)15(19)12-16(2,3)14-8-6-5-7-9-14/h5-9,13H,10,12H2,1-4H3. The molecule has 0 bridgehead atoms. The van der Waals surface area contributed by atoms with Gasteiger partial charge in [0.15, 0.2) is 0 Å². The molecule has 0 radical (unpaired) electrons. The van der Waals surface area contributed by atoms with E-state index in [0.29, 0.717) is 12.8 Å². The van der Waals surface area contributed by atoms with E-state index < -0.39 is 0 Å². The summed E-state index contributed by atoms with van der Waals surface area (Å²) >= 11 is 0. The molecule has 1 amide bonds. The molecule has 1 rings (SSSR count). The molecule has 1 aromatic rings. The predicted molar refractivity (Wildman–Crippen MR) is 76.5 cm³/mol. The maximum Gasteiger partial charge on any atom is 0.223 e. The number of rotatable bonds is 5. The molecule has 0 aromatic heterocycles. The van der Waals surface area contributed by atoms with Crippen LogP contribution in [0.5, 0.6) is 0 Å². The summed E-state index contributed by atoms with van der Waals surface area (Å²) in [4.78, 5) is 13.9. The summed E-state index contributed by atoms with van der Waals surface area (Å²) < 4.78 is 0. The molecule has 3 nitrogen and oxygen atoms in total. The van der Waals surface area contributed by atoms with E-state index in [1.165, 1.54) is 0 Å². The van der Waals surface area contributed by atoms with Crippen LogP contribution in [-0.4, -0.2) is 23.9 Å². The Hall–Kier alpha value is -1.82. The van der Waals surface area contributed by atoms with Gasteiger partial charge >= 0.3 is 0 Å². The topological polar surface area (TPSA) is 44.1 Å². The molecule has 1 unspecified atom stereocenters. The van der Waals surface area contributed by atoms with Crippen molar-refractivity contribution in [1.29, 1.82) is 5.26 Å². The monoisotopic (exact) mass is 258 g/mol. The average Bonchev–Trinajstić information content (AvgIpc) is 2.38. The number of amides is 1. The maximum absolute atomic E-state index is 12.3. The zero-order chi connectivity index (χ0) is 14.5. The van der Waals surface area contributed by atoms with Crippen LogP contribution in [0.3, 0.4) is 0 Å². The Morgan fingerprint density at radius 2 is 1.95 bits per heavy atom. The summed E-state index contributed by atoms with van der Waals surface area (Å²) in [5, 5.41) is 8.69. The van der Waals surface area contributed by atoms with Crippen LogP contribution >= 0.6 is 0 Å². The first-order valence-corrected chi connectivity index (χ1v) is 6.56. The summed E-state index contributed by atoms with van der Waals surface area (Å²) in [5.41, 5.74) is 0.962. The van der Waals surface area contributed by atoms with Gasteiger partial charge in [-0.25, -0.2) is 0 Å². The lowest BCUT2D eigenvalue weighted by Crippen LogP contribution is -2.38. The summed E-state index contributed by atoms with van der Waals surface area (Å²) in [7, 11) is 1.77. The van der Waals surface area contributed by atoms with Gasteiger partial charge in [0.1, 0.15) is 0 Å². The van der Waals surface area contributed by atoms with Gasteiger partial charge in [0.25, 0.3) is 0 Å². The molecule has 0 N–H and O–H groups in total. The lowest BCUT2D eigenvalue weighted by Gasteiger charge is -2.30. The van der Waals surface area contributed by atoms with Gasteiger partial charge in [-0.05, 0) is 17.9 Å².